The first-order valence-corrected chi connectivity index (χ1v) is 18.1. The highest BCUT2D eigenvalue weighted by atomic mass is 16.5. The first kappa shape index (κ1) is 42.6. The third-order valence-electron chi connectivity index (χ3n) is 8.01. The summed E-state index contributed by atoms with van der Waals surface area (Å²) in [4.78, 5) is 47.0. The van der Waals surface area contributed by atoms with Crippen molar-refractivity contribution in [2.45, 2.75) is 180 Å². The number of amides is 2. The SMILES string of the molecule is CCCCCCCC/C=C\CCCCCCCCCC(=O)OC(CCCC)CCCCCC(=O)NCC(=O)NC(CO)C(=O)O. The van der Waals surface area contributed by atoms with Crippen LogP contribution in [-0.4, -0.2) is 59.3 Å². The monoisotopic (exact) mass is 638 g/mol. The van der Waals surface area contributed by atoms with Crippen molar-refractivity contribution in [3.63, 3.8) is 0 Å². The van der Waals surface area contributed by atoms with Crippen LogP contribution in [0.2, 0.25) is 0 Å². The van der Waals surface area contributed by atoms with Gasteiger partial charge in [0.15, 0.2) is 0 Å². The molecule has 2 unspecified atom stereocenters. The summed E-state index contributed by atoms with van der Waals surface area (Å²) >= 11 is 0. The number of unbranched alkanes of at least 4 members (excludes halogenated alkanes) is 16. The zero-order valence-corrected chi connectivity index (χ0v) is 28.6. The molecule has 0 radical (unpaired) electrons. The molecule has 0 aliphatic heterocycles. The molecule has 0 aliphatic rings. The predicted octanol–water partition coefficient (Wildman–Crippen LogP) is 7.53. The molecule has 4 N–H and O–H groups in total. The highest BCUT2D eigenvalue weighted by molar-refractivity contribution is 5.87. The molecule has 9 heteroatoms. The lowest BCUT2D eigenvalue weighted by atomic mass is 10.0. The molecule has 0 heterocycles. The van der Waals surface area contributed by atoms with Gasteiger partial charge in [-0.3, -0.25) is 14.4 Å². The lowest BCUT2D eigenvalue weighted by Crippen LogP contribution is -2.47. The third-order valence-corrected chi connectivity index (χ3v) is 8.01. The maximum Gasteiger partial charge on any atom is 0.328 e. The van der Waals surface area contributed by atoms with E-state index in [0.717, 1.165) is 51.4 Å². The second-order valence-corrected chi connectivity index (χ2v) is 12.3. The smallest absolute Gasteiger partial charge is 0.328 e. The largest absolute Gasteiger partial charge is 0.480 e. The van der Waals surface area contributed by atoms with Gasteiger partial charge >= 0.3 is 11.9 Å². The minimum Gasteiger partial charge on any atom is -0.480 e. The van der Waals surface area contributed by atoms with Crippen molar-refractivity contribution >= 4 is 23.8 Å². The Morgan fingerprint density at radius 2 is 1.16 bits per heavy atom. The Morgan fingerprint density at radius 1 is 0.644 bits per heavy atom. The van der Waals surface area contributed by atoms with Crippen molar-refractivity contribution in [1.29, 1.82) is 0 Å². The summed E-state index contributed by atoms with van der Waals surface area (Å²) in [6, 6.07) is -1.39. The first-order chi connectivity index (χ1) is 21.8. The van der Waals surface area contributed by atoms with Crippen LogP contribution < -0.4 is 10.6 Å². The lowest BCUT2D eigenvalue weighted by molar-refractivity contribution is -0.150. The number of rotatable bonds is 32. The average Bonchev–Trinajstić information content (AvgIpc) is 3.02. The molecular weight excluding hydrogens is 572 g/mol. The van der Waals surface area contributed by atoms with Crippen molar-refractivity contribution in [2.75, 3.05) is 13.2 Å². The fourth-order valence-corrected chi connectivity index (χ4v) is 5.16. The molecule has 0 bridgehead atoms. The molecule has 0 saturated heterocycles. The summed E-state index contributed by atoms with van der Waals surface area (Å²) in [6.45, 7) is 3.32. The number of esters is 1. The molecule has 0 aliphatic carbocycles. The predicted molar refractivity (Wildman–Crippen MR) is 181 cm³/mol. The van der Waals surface area contributed by atoms with E-state index in [-0.39, 0.29) is 30.9 Å². The molecule has 0 aromatic rings. The van der Waals surface area contributed by atoms with E-state index in [2.05, 4.69) is 36.6 Å². The molecule has 0 saturated carbocycles. The van der Waals surface area contributed by atoms with Gasteiger partial charge in [0.05, 0.1) is 13.2 Å². The number of carbonyl (C=O) groups is 4. The van der Waals surface area contributed by atoms with Crippen LogP contribution in [0.25, 0.3) is 0 Å². The second kappa shape index (κ2) is 31.6. The number of carbonyl (C=O) groups excluding carboxylic acids is 3. The standard InChI is InChI=1S/C36H66N2O7/c1-3-5-7-8-9-10-11-12-13-14-15-16-17-18-19-20-24-28-35(42)45-31(25-6-4-2)26-22-21-23-27-33(40)37-29-34(41)38-32(30-39)36(43)44/h12-13,31-32,39H,3-11,14-30H2,1-2H3,(H,37,40)(H,38,41)(H,43,44)/b13-12-. The van der Waals surface area contributed by atoms with Gasteiger partial charge in [-0.1, -0.05) is 109 Å². The molecule has 0 spiro atoms. The van der Waals surface area contributed by atoms with E-state index in [1.165, 1.54) is 83.5 Å². The molecule has 9 nitrogen and oxygen atoms in total. The zero-order chi connectivity index (χ0) is 33.4. The van der Waals surface area contributed by atoms with E-state index >= 15 is 0 Å². The number of aliphatic hydroxyl groups is 1. The minimum absolute atomic E-state index is 0.0801. The molecule has 45 heavy (non-hydrogen) atoms. The molecule has 0 rings (SSSR count). The van der Waals surface area contributed by atoms with Gasteiger partial charge in [0.2, 0.25) is 11.8 Å². The van der Waals surface area contributed by atoms with E-state index < -0.39 is 24.5 Å². The topological polar surface area (TPSA) is 142 Å². The number of aliphatic carboxylic acids is 1. The normalized spacial score (nSPS) is 12.6. The van der Waals surface area contributed by atoms with Crippen LogP contribution in [0, 0.1) is 0 Å². The van der Waals surface area contributed by atoms with Crippen molar-refractivity contribution in [3.05, 3.63) is 12.2 Å². The number of nitrogens with one attached hydrogen (secondary N) is 2. The average molecular weight is 639 g/mol. The summed E-state index contributed by atoms with van der Waals surface area (Å²) in [5.74, 6) is -2.40. The zero-order valence-electron chi connectivity index (χ0n) is 28.6. The van der Waals surface area contributed by atoms with Crippen molar-refractivity contribution in [3.8, 4) is 0 Å². The van der Waals surface area contributed by atoms with Crippen LogP contribution in [0.5, 0.6) is 0 Å². The molecule has 0 aromatic carbocycles. The van der Waals surface area contributed by atoms with Gasteiger partial charge in [-0.25, -0.2) is 4.79 Å². The number of hydrogen-bond acceptors (Lipinski definition) is 6. The van der Waals surface area contributed by atoms with Gasteiger partial charge in [0, 0.05) is 12.8 Å². The molecule has 262 valence electrons. The van der Waals surface area contributed by atoms with E-state index in [4.69, 9.17) is 14.9 Å². The fourth-order valence-electron chi connectivity index (χ4n) is 5.16. The van der Waals surface area contributed by atoms with Gasteiger partial charge in [-0.05, 0) is 57.8 Å². The van der Waals surface area contributed by atoms with Crippen LogP contribution in [0.15, 0.2) is 12.2 Å². The number of allylic oxidation sites excluding steroid dienone is 2. The Kier molecular flexibility index (Phi) is 29.9. The van der Waals surface area contributed by atoms with Crippen LogP contribution >= 0.6 is 0 Å². The van der Waals surface area contributed by atoms with Gasteiger partial charge in [0.1, 0.15) is 12.1 Å². The van der Waals surface area contributed by atoms with Gasteiger partial charge in [-0.2, -0.15) is 0 Å². The van der Waals surface area contributed by atoms with Crippen LogP contribution in [0.3, 0.4) is 0 Å². The summed E-state index contributed by atoms with van der Waals surface area (Å²) in [5.41, 5.74) is 0. The summed E-state index contributed by atoms with van der Waals surface area (Å²) in [7, 11) is 0. The molecule has 2 atom stereocenters. The first-order valence-electron chi connectivity index (χ1n) is 18.1. The van der Waals surface area contributed by atoms with Crippen molar-refractivity contribution < 1.29 is 34.1 Å². The number of ether oxygens (including phenoxy) is 1. The maximum atomic E-state index is 12.4. The second-order valence-electron chi connectivity index (χ2n) is 12.3. The van der Waals surface area contributed by atoms with E-state index in [1.54, 1.807) is 0 Å². The van der Waals surface area contributed by atoms with Crippen molar-refractivity contribution in [2.24, 2.45) is 0 Å². The van der Waals surface area contributed by atoms with E-state index in [1.807, 2.05) is 0 Å². The molecule has 0 fully saturated rings. The molecular formula is C36H66N2O7. The van der Waals surface area contributed by atoms with Gasteiger partial charge in [-0.15, -0.1) is 0 Å². The Labute approximate surface area is 273 Å². The van der Waals surface area contributed by atoms with Crippen LogP contribution in [0.4, 0.5) is 0 Å². The number of hydrogen-bond donors (Lipinski definition) is 4. The number of carboxylic acid groups (broad SMARTS) is 1. The summed E-state index contributed by atoms with van der Waals surface area (Å²) in [6.07, 6.45) is 30.1. The molecule has 0 aromatic heterocycles. The Hall–Kier alpha value is -2.42. The highest BCUT2D eigenvalue weighted by Gasteiger charge is 2.19. The summed E-state index contributed by atoms with van der Waals surface area (Å²) < 4.78 is 5.80. The highest BCUT2D eigenvalue weighted by Crippen LogP contribution is 2.17. The lowest BCUT2D eigenvalue weighted by Gasteiger charge is -2.18. The Morgan fingerprint density at radius 3 is 1.73 bits per heavy atom. The number of carboxylic acids is 1. The van der Waals surface area contributed by atoms with Crippen molar-refractivity contribution in [1.82, 2.24) is 10.6 Å². The van der Waals surface area contributed by atoms with Gasteiger partial charge in [0.25, 0.3) is 0 Å². The third kappa shape index (κ3) is 28.8. The maximum absolute atomic E-state index is 12.4. The number of aliphatic hydroxyl groups excluding tert-OH is 1. The quantitative estimate of drug-likeness (QED) is 0.0339. The van der Waals surface area contributed by atoms with Crippen LogP contribution in [0.1, 0.15) is 168 Å². The molecule has 2 amide bonds. The van der Waals surface area contributed by atoms with Crippen LogP contribution in [-0.2, 0) is 23.9 Å². The minimum atomic E-state index is -1.39. The van der Waals surface area contributed by atoms with E-state index in [0.29, 0.717) is 12.8 Å². The Balaban J connectivity index is 3.86. The Bertz CT molecular complexity index is 787. The summed E-state index contributed by atoms with van der Waals surface area (Å²) in [5, 5.41) is 22.4. The fraction of sp³-hybridized carbons (Fsp3) is 0.833. The van der Waals surface area contributed by atoms with Gasteiger partial charge < -0.3 is 25.6 Å². The van der Waals surface area contributed by atoms with E-state index in [9.17, 15) is 19.2 Å².